The zero-order valence-electron chi connectivity index (χ0n) is 23.7. The van der Waals surface area contributed by atoms with Crippen molar-refractivity contribution >= 4 is 48.9 Å². The molecule has 1 aromatic carbocycles. The van der Waals surface area contributed by atoms with Gasteiger partial charge in [0.2, 0.25) is 13.3 Å². The Morgan fingerprint density at radius 2 is 1.60 bits per heavy atom. The van der Waals surface area contributed by atoms with E-state index in [1.54, 1.807) is 51.4 Å². The number of aromatic nitrogens is 4. The second-order valence-electron chi connectivity index (χ2n) is 9.71. The van der Waals surface area contributed by atoms with Gasteiger partial charge in [-0.1, -0.05) is 0 Å². The molecular formula is C26H41N7O5P2. The van der Waals surface area contributed by atoms with Crippen molar-refractivity contribution in [1.29, 1.82) is 0 Å². The largest absolute Gasteiger partial charge is 0.351 e. The zero-order valence-corrected chi connectivity index (χ0v) is 25.5. The van der Waals surface area contributed by atoms with Crippen molar-refractivity contribution < 1.29 is 22.7 Å². The standard InChI is InChI=1S/C26H41N7O5P2/c1-5-33-17-28-23-24(31-26(32-25(23)33)30-21-11-9-19(27)10-12-21)29-20-13-15-22(16-14-20)39(34,36-6-2)18-40(35,37-7-3)38-8-4/h13-17,19,21H,5-12,18,27H2,1-4H3,(H2,29,30,31,32). The molecule has 1 fully saturated rings. The van der Waals surface area contributed by atoms with E-state index in [4.69, 9.17) is 29.3 Å². The average molecular weight is 594 g/mol. The number of imidazole rings is 1. The Labute approximate surface area is 235 Å². The summed E-state index contributed by atoms with van der Waals surface area (Å²) in [6, 6.07) is 7.50. The fourth-order valence-electron chi connectivity index (χ4n) is 4.83. The molecule has 220 valence electrons. The quantitative estimate of drug-likeness (QED) is 0.205. The van der Waals surface area contributed by atoms with E-state index in [-0.39, 0.29) is 37.8 Å². The molecule has 0 amide bonds. The van der Waals surface area contributed by atoms with Crippen molar-refractivity contribution in [2.45, 2.75) is 72.0 Å². The maximum absolute atomic E-state index is 13.9. The third kappa shape index (κ3) is 7.29. The number of nitrogens with two attached hydrogens (primary N) is 1. The molecule has 2 aromatic heterocycles. The van der Waals surface area contributed by atoms with E-state index >= 15 is 0 Å². The molecule has 4 N–H and O–H groups in total. The lowest BCUT2D eigenvalue weighted by Crippen LogP contribution is -2.33. The summed E-state index contributed by atoms with van der Waals surface area (Å²) in [7, 11) is -7.13. The third-order valence-corrected chi connectivity index (χ3v) is 12.7. The van der Waals surface area contributed by atoms with Gasteiger partial charge in [0.1, 0.15) is 5.90 Å². The summed E-state index contributed by atoms with van der Waals surface area (Å²) in [5, 5.41) is 7.26. The smallest absolute Gasteiger partial charge is 0.340 e. The predicted octanol–water partition coefficient (Wildman–Crippen LogP) is 5.44. The van der Waals surface area contributed by atoms with Gasteiger partial charge in [-0.15, -0.1) is 0 Å². The van der Waals surface area contributed by atoms with Crippen molar-refractivity contribution in [3.05, 3.63) is 30.6 Å². The molecule has 2 heterocycles. The van der Waals surface area contributed by atoms with Crippen LogP contribution in [0, 0.1) is 0 Å². The van der Waals surface area contributed by atoms with Crippen molar-refractivity contribution in [2.24, 2.45) is 5.73 Å². The van der Waals surface area contributed by atoms with Crippen molar-refractivity contribution in [3.8, 4) is 0 Å². The fourth-order valence-corrected chi connectivity index (χ4v) is 10.3. The van der Waals surface area contributed by atoms with Crippen LogP contribution in [0.2, 0.25) is 0 Å². The molecule has 1 atom stereocenters. The highest BCUT2D eigenvalue weighted by Gasteiger charge is 2.38. The first-order valence-electron chi connectivity index (χ1n) is 14.0. The maximum atomic E-state index is 13.9. The first kappa shape index (κ1) is 30.6. The summed E-state index contributed by atoms with van der Waals surface area (Å²) in [5.41, 5.74) is 8.17. The van der Waals surface area contributed by atoms with Gasteiger partial charge in [0, 0.05) is 29.6 Å². The minimum absolute atomic E-state index is 0.179. The van der Waals surface area contributed by atoms with Gasteiger partial charge >= 0.3 is 7.60 Å². The molecule has 1 aliphatic carbocycles. The lowest BCUT2D eigenvalue weighted by atomic mass is 9.92. The Kier molecular flexibility index (Phi) is 10.4. The Morgan fingerprint density at radius 3 is 2.20 bits per heavy atom. The van der Waals surface area contributed by atoms with E-state index in [0.717, 1.165) is 37.9 Å². The monoisotopic (exact) mass is 593 g/mol. The minimum atomic E-state index is -3.60. The van der Waals surface area contributed by atoms with E-state index in [1.165, 1.54) is 0 Å². The summed E-state index contributed by atoms with van der Waals surface area (Å²) >= 11 is 0. The van der Waals surface area contributed by atoms with E-state index < -0.39 is 15.0 Å². The lowest BCUT2D eigenvalue weighted by Gasteiger charge is -2.26. The van der Waals surface area contributed by atoms with Crippen LogP contribution in [0.15, 0.2) is 30.6 Å². The number of anilines is 3. The third-order valence-electron chi connectivity index (χ3n) is 6.78. The molecule has 14 heteroatoms. The SMILES string of the molecule is CCOP(=O)(CP(=O)(OCC)c1ccc(Nc2nc(NC3CCC(N)CC3)nc3c2ncn3CC)cc1)OCC. The normalized spacial score (nSPS) is 19.4. The molecule has 0 spiro atoms. The molecule has 0 saturated heterocycles. The van der Waals surface area contributed by atoms with E-state index in [0.29, 0.717) is 28.3 Å². The molecule has 0 radical (unpaired) electrons. The van der Waals surface area contributed by atoms with Crippen LogP contribution in [-0.4, -0.2) is 57.3 Å². The Balaban J connectivity index is 1.60. The molecule has 0 aliphatic heterocycles. The summed E-state index contributed by atoms with van der Waals surface area (Å²) in [4.78, 5) is 14.1. The van der Waals surface area contributed by atoms with Gasteiger partial charge in [0.15, 0.2) is 17.0 Å². The van der Waals surface area contributed by atoms with Crippen LogP contribution in [-0.2, 0) is 29.2 Å². The van der Waals surface area contributed by atoms with Crippen molar-refractivity contribution in [1.82, 2.24) is 19.5 Å². The summed E-state index contributed by atoms with van der Waals surface area (Å²) in [6.45, 7) is 8.50. The molecule has 40 heavy (non-hydrogen) atoms. The highest BCUT2D eigenvalue weighted by Crippen LogP contribution is 2.62. The van der Waals surface area contributed by atoms with E-state index in [2.05, 4.69) is 15.6 Å². The number of fused-ring (bicyclic) bond motifs is 1. The Bertz CT molecular complexity index is 1350. The number of rotatable bonds is 14. The molecule has 1 aliphatic rings. The fraction of sp³-hybridized carbons (Fsp3) is 0.577. The van der Waals surface area contributed by atoms with Crippen LogP contribution in [0.5, 0.6) is 0 Å². The van der Waals surface area contributed by atoms with E-state index in [9.17, 15) is 9.13 Å². The molecule has 12 nitrogen and oxygen atoms in total. The molecular weight excluding hydrogens is 552 g/mol. The summed E-state index contributed by atoms with van der Waals surface area (Å²) in [5.74, 6) is 0.764. The van der Waals surface area contributed by atoms with Gasteiger partial charge in [-0.3, -0.25) is 9.13 Å². The van der Waals surface area contributed by atoms with Crippen LogP contribution < -0.4 is 21.7 Å². The van der Waals surface area contributed by atoms with Gasteiger partial charge in [0.05, 0.1) is 26.1 Å². The number of hydrogen-bond acceptors (Lipinski definition) is 11. The summed E-state index contributed by atoms with van der Waals surface area (Å²) in [6.07, 6.45) is 5.64. The highest BCUT2D eigenvalue weighted by molar-refractivity contribution is 7.78. The van der Waals surface area contributed by atoms with Gasteiger partial charge in [-0.2, -0.15) is 9.97 Å². The Hall–Kier alpha value is -2.33. The number of hydrogen-bond donors (Lipinski definition) is 3. The second kappa shape index (κ2) is 13.6. The van der Waals surface area contributed by atoms with Crippen LogP contribution in [0.25, 0.3) is 11.2 Å². The molecule has 0 bridgehead atoms. The molecule has 1 unspecified atom stereocenters. The van der Waals surface area contributed by atoms with Gasteiger partial charge < -0.3 is 34.5 Å². The first-order valence-corrected chi connectivity index (χ1v) is 17.5. The van der Waals surface area contributed by atoms with Crippen molar-refractivity contribution in [2.75, 3.05) is 36.4 Å². The topological polar surface area (TPSA) is 156 Å². The highest BCUT2D eigenvalue weighted by atomic mass is 31.2. The number of aryl methyl sites for hydroxylation is 1. The average Bonchev–Trinajstić information content (AvgIpc) is 3.34. The van der Waals surface area contributed by atoms with Crippen LogP contribution in [0.1, 0.15) is 53.4 Å². The number of benzene rings is 1. The Morgan fingerprint density at radius 1 is 0.950 bits per heavy atom. The maximum Gasteiger partial charge on any atom is 0.340 e. The van der Waals surface area contributed by atoms with E-state index in [1.807, 2.05) is 11.5 Å². The number of nitrogens with one attached hydrogen (secondary N) is 2. The molecule has 1 saturated carbocycles. The van der Waals surface area contributed by atoms with Gasteiger partial charge in [-0.05, 0) is 77.6 Å². The molecule has 3 aromatic rings. The zero-order chi connectivity index (χ0) is 28.8. The second-order valence-corrected chi connectivity index (χ2v) is 14.7. The van der Waals surface area contributed by atoms with Crippen LogP contribution in [0.4, 0.5) is 17.5 Å². The minimum Gasteiger partial charge on any atom is -0.351 e. The first-order chi connectivity index (χ1) is 19.2. The van der Waals surface area contributed by atoms with Gasteiger partial charge in [-0.25, -0.2) is 4.98 Å². The van der Waals surface area contributed by atoms with Gasteiger partial charge in [0.25, 0.3) is 0 Å². The lowest BCUT2D eigenvalue weighted by molar-refractivity contribution is 0.222. The van der Waals surface area contributed by atoms with Crippen LogP contribution >= 0.6 is 15.0 Å². The summed E-state index contributed by atoms with van der Waals surface area (Å²) < 4.78 is 45.5. The van der Waals surface area contributed by atoms with Crippen LogP contribution in [0.3, 0.4) is 0 Å². The molecule has 4 rings (SSSR count). The van der Waals surface area contributed by atoms with Crippen molar-refractivity contribution in [3.63, 3.8) is 0 Å². The number of nitrogens with zero attached hydrogens (tertiary/aromatic N) is 4. The predicted molar refractivity (Wildman–Crippen MR) is 159 cm³/mol.